The molecule has 3 rings (SSSR count). The second-order valence-electron chi connectivity index (χ2n) is 7.31. The second-order valence-corrected chi connectivity index (χ2v) is 8.28. The van der Waals surface area contributed by atoms with E-state index < -0.39 is 11.7 Å². The summed E-state index contributed by atoms with van der Waals surface area (Å²) >= 11 is 0.882. The molecule has 2 aromatic rings. The lowest BCUT2D eigenvalue weighted by molar-refractivity contribution is -0.126. The van der Waals surface area contributed by atoms with Crippen LogP contribution in [0.3, 0.4) is 0 Å². The number of ether oxygens (including phenoxy) is 1. The third kappa shape index (κ3) is 6.54. The molecule has 1 aliphatic rings. The van der Waals surface area contributed by atoms with Crippen molar-refractivity contribution >= 4 is 34.7 Å². The van der Waals surface area contributed by atoms with Crippen molar-refractivity contribution in [3.05, 3.63) is 40.1 Å². The molecule has 1 saturated heterocycles. The summed E-state index contributed by atoms with van der Waals surface area (Å²) in [5, 5.41) is 13.3. The number of piperidine rings is 1. The molecule has 1 aromatic carbocycles. The molecule has 2 heterocycles. The molecule has 2 N–H and O–H groups in total. The maximum absolute atomic E-state index is 13.0. The standard InChI is InChI=1S/C21H26FN5O4S/c1-2-31-12-4-10-23-17(28)14-5-3-11-27(13-14)21(30)20-26-25-19(32-20)18(29)24-16-8-6-15(22)7-9-16/h6-9,14H,2-5,10-13H2,1H3,(H,23,28)(H,24,29)/t14-/m1/s1. The second kappa shape index (κ2) is 11.6. The fourth-order valence-corrected chi connectivity index (χ4v) is 4.01. The van der Waals surface area contributed by atoms with Gasteiger partial charge in [-0.25, -0.2) is 4.39 Å². The van der Waals surface area contributed by atoms with Gasteiger partial charge in [0.15, 0.2) is 0 Å². The predicted octanol–water partition coefficient (Wildman–Crippen LogP) is 2.32. The van der Waals surface area contributed by atoms with Gasteiger partial charge in [0.1, 0.15) is 5.82 Å². The number of hydrogen-bond donors (Lipinski definition) is 2. The lowest BCUT2D eigenvalue weighted by Gasteiger charge is -2.31. The fraction of sp³-hybridized carbons (Fsp3) is 0.476. The third-order valence-corrected chi connectivity index (χ3v) is 5.86. The maximum atomic E-state index is 13.0. The van der Waals surface area contributed by atoms with Gasteiger partial charge in [-0.2, -0.15) is 0 Å². The van der Waals surface area contributed by atoms with Crippen LogP contribution in [0.2, 0.25) is 0 Å². The Morgan fingerprint density at radius 3 is 2.72 bits per heavy atom. The van der Waals surface area contributed by atoms with Gasteiger partial charge in [-0.15, -0.1) is 10.2 Å². The molecular weight excluding hydrogens is 437 g/mol. The summed E-state index contributed by atoms with van der Waals surface area (Å²) in [5.74, 6) is -1.65. The first-order chi connectivity index (χ1) is 15.5. The highest BCUT2D eigenvalue weighted by Crippen LogP contribution is 2.21. The van der Waals surface area contributed by atoms with E-state index in [-0.39, 0.29) is 27.7 Å². The van der Waals surface area contributed by atoms with Crippen molar-refractivity contribution in [1.82, 2.24) is 20.4 Å². The number of halogens is 1. The number of aromatic nitrogens is 2. The van der Waals surface area contributed by atoms with Gasteiger partial charge >= 0.3 is 0 Å². The Hall–Kier alpha value is -2.92. The maximum Gasteiger partial charge on any atom is 0.286 e. The smallest absolute Gasteiger partial charge is 0.286 e. The zero-order valence-corrected chi connectivity index (χ0v) is 18.6. The van der Waals surface area contributed by atoms with Crippen LogP contribution in [0.1, 0.15) is 45.8 Å². The first-order valence-electron chi connectivity index (χ1n) is 10.5. The number of amides is 3. The predicted molar refractivity (Wildman–Crippen MR) is 117 cm³/mol. The van der Waals surface area contributed by atoms with Crippen molar-refractivity contribution in [2.75, 3.05) is 38.2 Å². The van der Waals surface area contributed by atoms with E-state index in [1.165, 1.54) is 24.3 Å². The van der Waals surface area contributed by atoms with Crippen molar-refractivity contribution in [2.24, 2.45) is 5.92 Å². The van der Waals surface area contributed by atoms with Gasteiger partial charge in [-0.05, 0) is 50.5 Å². The highest BCUT2D eigenvalue weighted by Gasteiger charge is 2.30. The molecule has 1 fully saturated rings. The normalized spacial score (nSPS) is 15.9. The van der Waals surface area contributed by atoms with Crippen LogP contribution >= 0.6 is 11.3 Å². The zero-order valence-electron chi connectivity index (χ0n) is 17.8. The molecule has 172 valence electrons. The van der Waals surface area contributed by atoms with Crippen LogP contribution in [-0.2, 0) is 9.53 Å². The number of rotatable bonds is 9. The van der Waals surface area contributed by atoms with Crippen molar-refractivity contribution in [3.63, 3.8) is 0 Å². The molecule has 0 bridgehead atoms. The van der Waals surface area contributed by atoms with Gasteiger partial charge in [0.25, 0.3) is 11.8 Å². The lowest BCUT2D eigenvalue weighted by Crippen LogP contribution is -2.45. The Bertz CT molecular complexity index is 937. The fourth-order valence-electron chi connectivity index (χ4n) is 3.30. The zero-order chi connectivity index (χ0) is 22.9. The number of hydrogen-bond acceptors (Lipinski definition) is 7. The lowest BCUT2D eigenvalue weighted by atomic mass is 9.97. The SMILES string of the molecule is CCOCCCNC(=O)[C@@H]1CCCN(C(=O)c2nnc(C(=O)Nc3ccc(F)cc3)s2)C1. The molecule has 0 radical (unpaired) electrons. The van der Waals surface area contributed by atoms with Gasteiger partial charge in [0.2, 0.25) is 15.9 Å². The molecule has 0 aliphatic carbocycles. The largest absolute Gasteiger partial charge is 0.382 e. The average molecular weight is 464 g/mol. The Morgan fingerprint density at radius 1 is 1.22 bits per heavy atom. The third-order valence-electron chi connectivity index (χ3n) is 4.95. The molecule has 11 heteroatoms. The molecule has 32 heavy (non-hydrogen) atoms. The molecule has 9 nitrogen and oxygen atoms in total. The molecule has 0 saturated carbocycles. The molecule has 3 amide bonds. The minimum Gasteiger partial charge on any atom is -0.382 e. The number of anilines is 1. The van der Waals surface area contributed by atoms with E-state index in [4.69, 9.17) is 4.74 Å². The van der Waals surface area contributed by atoms with Crippen LogP contribution in [-0.4, -0.2) is 65.7 Å². The molecule has 1 aliphatic heterocycles. The van der Waals surface area contributed by atoms with E-state index in [9.17, 15) is 18.8 Å². The Labute approximate surface area is 189 Å². The van der Waals surface area contributed by atoms with Gasteiger partial charge in [0.05, 0.1) is 5.92 Å². The van der Waals surface area contributed by atoms with E-state index in [1.807, 2.05) is 6.92 Å². The number of carbonyl (C=O) groups is 3. The number of nitrogens with one attached hydrogen (secondary N) is 2. The number of benzene rings is 1. The Morgan fingerprint density at radius 2 is 1.97 bits per heavy atom. The first-order valence-corrected chi connectivity index (χ1v) is 11.3. The van der Waals surface area contributed by atoms with Gasteiger partial charge in [-0.1, -0.05) is 11.3 Å². The molecule has 0 spiro atoms. The van der Waals surface area contributed by atoms with Crippen molar-refractivity contribution in [2.45, 2.75) is 26.2 Å². The molecular formula is C21H26FN5O4S. The average Bonchev–Trinajstić information content (AvgIpc) is 3.30. The monoisotopic (exact) mass is 463 g/mol. The van der Waals surface area contributed by atoms with E-state index in [2.05, 4.69) is 20.8 Å². The van der Waals surface area contributed by atoms with Crippen molar-refractivity contribution in [1.29, 1.82) is 0 Å². The van der Waals surface area contributed by atoms with Gasteiger partial charge in [-0.3, -0.25) is 14.4 Å². The number of nitrogens with zero attached hydrogens (tertiary/aromatic N) is 3. The highest BCUT2D eigenvalue weighted by molar-refractivity contribution is 7.15. The summed E-state index contributed by atoms with van der Waals surface area (Å²) in [4.78, 5) is 39.2. The van der Waals surface area contributed by atoms with Crippen molar-refractivity contribution in [3.8, 4) is 0 Å². The topological polar surface area (TPSA) is 114 Å². The summed E-state index contributed by atoms with van der Waals surface area (Å²) in [6.45, 7) is 4.52. The summed E-state index contributed by atoms with van der Waals surface area (Å²) in [5.41, 5.74) is 0.408. The van der Waals surface area contributed by atoms with Crippen LogP contribution in [0, 0.1) is 11.7 Å². The molecule has 0 unspecified atom stereocenters. The van der Waals surface area contributed by atoms with Gasteiger partial charge < -0.3 is 20.3 Å². The Kier molecular flexibility index (Phi) is 8.63. The van der Waals surface area contributed by atoms with E-state index in [0.29, 0.717) is 51.4 Å². The Balaban J connectivity index is 1.53. The summed E-state index contributed by atoms with van der Waals surface area (Å²) in [6, 6.07) is 5.31. The van der Waals surface area contributed by atoms with E-state index in [0.717, 1.165) is 17.8 Å². The van der Waals surface area contributed by atoms with Crippen LogP contribution in [0.25, 0.3) is 0 Å². The minimum atomic E-state index is -0.531. The summed E-state index contributed by atoms with van der Waals surface area (Å²) < 4.78 is 18.2. The minimum absolute atomic E-state index is 0.0262. The molecule has 1 aromatic heterocycles. The van der Waals surface area contributed by atoms with E-state index >= 15 is 0 Å². The first kappa shape index (κ1) is 23.7. The van der Waals surface area contributed by atoms with Crippen LogP contribution < -0.4 is 10.6 Å². The summed E-state index contributed by atoms with van der Waals surface area (Å²) in [6.07, 6.45) is 2.16. The van der Waals surface area contributed by atoms with Crippen LogP contribution in [0.5, 0.6) is 0 Å². The molecule has 1 atom stereocenters. The number of likely N-dealkylation sites (tertiary alicyclic amines) is 1. The number of carbonyl (C=O) groups excluding carboxylic acids is 3. The summed E-state index contributed by atoms with van der Waals surface area (Å²) in [7, 11) is 0. The highest BCUT2D eigenvalue weighted by atomic mass is 32.1. The van der Waals surface area contributed by atoms with Crippen molar-refractivity contribution < 1.29 is 23.5 Å². The van der Waals surface area contributed by atoms with E-state index in [1.54, 1.807) is 4.90 Å². The van der Waals surface area contributed by atoms with Crippen LogP contribution in [0.4, 0.5) is 10.1 Å². The van der Waals surface area contributed by atoms with Gasteiger partial charge in [0, 0.05) is 38.5 Å². The quantitative estimate of drug-likeness (QED) is 0.552. The van der Waals surface area contributed by atoms with Crippen LogP contribution in [0.15, 0.2) is 24.3 Å².